The summed E-state index contributed by atoms with van der Waals surface area (Å²) < 4.78 is 0. The summed E-state index contributed by atoms with van der Waals surface area (Å²) in [6.07, 6.45) is 1.34. The van der Waals surface area contributed by atoms with E-state index in [0.29, 0.717) is 6.42 Å². The molecule has 0 saturated carbocycles. The lowest BCUT2D eigenvalue weighted by Gasteiger charge is -2.23. The molecule has 0 aromatic heterocycles. The van der Waals surface area contributed by atoms with Crippen LogP contribution < -0.4 is 16.0 Å². The zero-order valence-electron chi connectivity index (χ0n) is 13.4. The summed E-state index contributed by atoms with van der Waals surface area (Å²) in [6, 6.07) is -2.14. The Morgan fingerprint density at radius 2 is 1.57 bits per heavy atom. The van der Waals surface area contributed by atoms with Gasteiger partial charge in [-0.25, -0.2) is 0 Å². The first-order valence-corrected chi connectivity index (χ1v) is 7.23. The van der Waals surface area contributed by atoms with Crippen molar-refractivity contribution < 1.29 is 19.5 Å². The van der Waals surface area contributed by atoms with E-state index in [9.17, 15) is 14.4 Å². The Labute approximate surface area is 125 Å². The molecule has 0 radical (unpaired) electrons. The summed E-state index contributed by atoms with van der Waals surface area (Å²) in [4.78, 5) is 34.9. The van der Waals surface area contributed by atoms with Gasteiger partial charge in [0.15, 0.2) is 0 Å². The highest BCUT2D eigenvalue weighted by Crippen LogP contribution is 2.10. The molecule has 0 saturated heterocycles. The van der Waals surface area contributed by atoms with E-state index >= 15 is 0 Å². The second-order valence-corrected chi connectivity index (χ2v) is 5.39. The van der Waals surface area contributed by atoms with Crippen molar-refractivity contribution in [2.75, 3.05) is 7.05 Å². The van der Waals surface area contributed by atoms with E-state index in [0.717, 1.165) is 6.42 Å². The molecule has 0 aromatic carbocycles. The maximum Gasteiger partial charge on any atom is 0.325 e. The molecule has 0 aliphatic heterocycles. The second kappa shape index (κ2) is 9.33. The number of likely N-dealkylation sites (N-methyl/N-ethyl adjacent to an activating group) is 1. The van der Waals surface area contributed by atoms with Gasteiger partial charge in [0.05, 0.1) is 6.04 Å². The van der Waals surface area contributed by atoms with Crippen LogP contribution >= 0.6 is 0 Å². The smallest absolute Gasteiger partial charge is 0.325 e. The third-order valence-corrected chi connectivity index (χ3v) is 3.52. The molecule has 2 amide bonds. The van der Waals surface area contributed by atoms with Gasteiger partial charge in [-0.1, -0.05) is 20.3 Å². The van der Waals surface area contributed by atoms with Gasteiger partial charge in [-0.2, -0.15) is 0 Å². The fourth-order valence-corrected chi connectivity index (χ4v) is 1.60. The molecule has 7 nitrogen and oxygen atoms in total. The van der Waals surface area contributed by atoms with Crippen molar-refractivity contribution >= 4 is 17.8 Å². The van der Waals surface area contributed by atoms with Crippen molar-refractivity contribution in [2.45, 2.75) is 58.7 Å². The zero-order valence-corrected chi connectivity index (χ0v) is 13.4. The minimum atomic E-state index is -1.11. The zero-order chi connectivity index (χ0) is 16.6. The van der Waals surface area contributed by atoms with Crippen molar-refractivity contribution in [2.24, 2.45) is 5.92 Å². The van der Waals surface area contributed by atoms with Crippen LogP contribution in [-0.4, -0.2) is 48.1 Å². The Kier molecular flexibility index (Phi) is 8.61. The highest BCUT2D eigenvalue weighted by molar-refractivity contribution is 5.91. The molecule has 0 aliphatic rings. The molecule has 4 N–H and O–H groups in total. The van der Waals surface area contributed by atoms with Crippen LogP contribution in [0.25, 0.3) is 0 Å². The Morgan fingerprint density at radius 1 is 1.00 bits per heavy atom. The summed E-state index contributed by atoms with van der Waals surface area (Å²) in [6.45, 7) is 7.05. The van der Waals surface area contributed by atoms with Gasteiger partial charge in [-0.15, -0.1) is 0 Å². The van der Waals surface area contributed by atoms with Gasteiger partial charge in [-0.05, 0) is 33.2 Å². The van der Waals surface area contributed by atoms with Gasteiger partial charge in [0, 0.05) is 0 Å². The quantitative estimate of drug-likeness (QED) is 0.483. The molecule has 0 spiro atoms. The number of carboxylic acid groups (broad SMARTS) is 1. The predicted octanol–water partition coefficient (Wildman–Crippen LogP) is 0.105. The molecule has 4 atom stereocenters. The van der Waals surface area contributed by atoms with Crippen LogP contribution in [-0.2, 0) is 14.4 Å². The van der Waals surface area contributed by atoms with Gasteiger partial charge in [-0.3, -0.25) is 14.4 Å². The molecular formula is C14H27N3O4. The largest absolute Gasteiger partial charge is 0.480 e. The van der Waals surface area contributed by atoms with E-state index < -0.39 is 30.0 Å². The molecule has 0 rings (SSSR count). The lowest BCUT2D eigenvalue weighted by molar-refractivity contribution is -0.141. The van der Waals surface area contributed by atoms with Crippen LogP contribution in [0.1, 0.15) is 40.5 Å². The van der Waals surface area contributed by atoms with E-state index in [1.165, 1.54) is 6.92 Å². The topological polar surface area (TPSA) is 108 Å². The number of carbonyl (C=O) groups excluding carboxylic acids is 2. The number of amides is 2. The van der Waals surface area contributed by atoms with Crippen molar-refractivity contribution in [1.29, 1.82) is 0 Å². The van der Waals surface area contributed by atoms with Crippen LogP contribution in [0.3, 0.4) is 0 Å². The minimum Gasteiger partial charge on any atom is -0.480 e. The molecular weight excluding hydrogens is 274 g/mol. The summed E-state index contributed by atoms with van der Waals surface area (Å²) >= 11 is 0. The Hall–Kier alpha value is -1.63. The van der Waals surface area contributed by atoms with Crippen LogP contribution in [0.15, 0.2) is 0 Å². The summed E-state index contributed by atoms with van der Waals surface area (Å²) in [5, 5.41) is 16.7. The van der Waals surface area contributed by atoms with Crippen molar-refractivity contribution in [1.82, 2.24) is 16.0 Å². The number of carboxylic acids is 1. The second-order valence-electron chi connectivity index (χ2n) is 5.39. The summed E-state index contributed by atoms with van der Waals surface area (Å²) in [7, 11) is 1.65. The molecule has 0 aromatic rings. The molecule has 21 heavy (non-hydrogen) atoms. The Balaban J connectivity index is 4.83. The molecule has 122 valence electrons. The van der Waals surface area contributed by atoms with E-state index in [4.69, 9.17) is 5.11 Å². The highest BCUT2D eigenvalue weighted by Gasteiger charge is 2.26. The van der Waals surface area contributed by atoms with E-state index in [1.807, 2.05) is 13.8 Å². The normalized spacial score (nSPS) is 16.4. The van der Waals surface area contributed by atoms with E-state index in [1.54, 1.807) is 14.0 Å². The average molecular weight is 301 g/mol. The molecule has 0 heterocycles. The number of hydrogen-bond acceptors (Lipinski definition) is 4. The Morgan fingerprint density at radius 3 is 2.00 bits per heavy atom. The van der Waals surface area contributed by atoms with Crippen molar-refractivity contribution in [3.63, 3.8) is 0 Å². The fraction of sp³-hybridized carbons (Fsp3) is 0.786. The van der Waals surface area contributed by atoms with Crippen molar-refractivity contribution in [3.8, 4) is 0 Å². The van der Waals surface area contributed by atoms with Gasteiger partial charge in [0.25, 0.3) is 0 Å². The van der Waals surface area contributed by atoms with E-state index in [2.05, 4.69) is 16.0 Å². The van der Waals surface area contributed by atoms with Crippen LogP contribution in [0.2, 0.25) is 0 Å². The average Bonchev–Trinajstić information content (AvgIpc) is 2.44. The summed E-state index contributed by atoms with van der Waals surface area (Å²) in [5.41, 5.74) is 0. The van der Waals surface area contributed by atoms with Gasteiger partial charge >= 0.3 is 5.97 Å². The molecule has 7 heteroatoms. The van der Waals surface area contributed by atoms with Gasteiger partial charge in [0.2, 0.25) is 11.8 Å². The van der Waals surface area contributed by atoms with E-state index in [-0.39, 0.29) is 11.8 Å². The first-order chi connectivity index (χ1) is 9.72. The third-order valence-electron chi connectivity index (χ3n) is 3.52. The predicted molar refractivity (Wildman–Crippen MR) is 79.8 cm³/mol. The monoisotopic (exact) mass is 301 g/mol. The maximum absolute atomic E-state index is 12.1. The number of rotatable bonds is 9. The first-order valence-electron chi connectivity index (χ1n) is 7.23. The number of aliphatic carboxylic acids is 1. The highest BCUT2D eigenvalue weighted by atomic mass is 16.4. The van der Waals surface area contributed by atoms with Crippen LogP contribution in [0, 0.1) is 5.92 Å². The number of hydrogen-bond donors (Lipinski definition) is 4. The lowest BCUT2D eigenvalue weighted by atomic mass is 9.98. The van der Waals surface area contributed by atoms with Crippen LogP contribution in [0.4, 0.5) is 0 Å². The lowest BCUT2D eigenvalue weighted by Crippen LogP contribution is -2.54. The van der Waals surface area contributed by atoms with Crippen molar-refractivity contribution in [3.05, 3.63) is 0 Å². The molecule has 1 unspecified atom stereocenters. The minimum absolute atomic E-state index is 0.242. The molecule has 0 fully saturated rings. The molecule has 0 aliphatic carbocycles. The first kappa shape index (κ1) is 19.4. The SMILES string of the molecule is CCC(C)C[C@@H](NC(=O)[C@H](C)NC)C(=O)N[C@@H](C)C(=O)O. The summed E-state index contributed by atoms with van der Waals surface area (Å²) in [5.74, 6) is -1.63. The Bertz CT molecular complexity index is 373. The fourth-order valence-electron chi connectivity index (χ4n) is 1.60. The third kappa shape index (κ3) is 7.08. The number of nitrogens with one attached hydrogen (secondary N) is 3. The molecule has 0 bridgehead atoms. The van der Waals surface area contributed by atoms with Gasteiger partial charge in [0.1, 0.15) is 12.1 Å². The maximum atomic E-state index is 12.1. The van der Waals surface area contributed by atoms with Gasteiger partial charge < -0.3 is 21.1 Å². The van der Waals surface area contributed by atoms with Crippen LogP contribution in [0.5, 0.6) is 0 Å². The number of carbonyl (C=O) groups is 3. The standard InChI is InChI=1S/C14H27N3O4/c1-6-8(2)7-11(17-12(18)9(3)15-5)13(19)16-10(4)14(20)21/h8-11,15H,6-7H2,1-5H3,(H,16,19)(H,17,18)(H,20,21)/t8?,9-,10-,11+/m0/s1.